The molecule has 0 unspecified atom stereocenters. The molecule has 0 aromatic heterocycles. The zero-order valence-electron chi connectivity index (χ0n) is 11.0. The summed E-state index contributed by atoms with van der Waals surface area (Å²) in [4.78, 5) is 0. The second-order valence-electron chi connectivity index (χ2n) is 5.43. The van der Waals surface area contributed by atoms with E-state index in [0.29, 0.717) is 0 Å². The van der Waals surface area contributed by atoms with E-state index in [0.717, 1.165) is 0 Å². The molecule has 8 atom stereocenters. The van der Waals surface area contributed by atoms with E-state index < -0.39 is 55.1 Å². The first kappa shape index (κ1) is 17.7. The Balaban J connectivity index is 2.59. The fourth-order valence-corrected chi connectivity index (χ4v) is 2.73. The monoisotopic (exact) mass is 296 g/mol. The maximum atomic E-state index is 9.83. The molecule has 1 aliphatic carbocycles. The second kappa shape index (κ2) is 7.62. The molecule has 1 aliphatic rings. The van der Waals surface area contributed by atoms with Crippen molar-refractivity contribution in [3.8, 4) is 0 Å². The van der Waals surface area contributed by atoms with E-state index in [1.165, 1.54) is 0 Å². The highest BCUT2D eigenvalue weighted by molar-refractivity contribution is 4.93. The molecular formula is C12H24O8. The van der Waals surface area contributed by atoms with Crippen molar-refractivity contribution in [1.29, 1.82) is 0 Å². The molecule has 8 nitrogen and oxygen atoms in total. The first-order chi connectivity index (χ1) is 9.33. The Hall–Kier alpha value is -0.320. The van der Waals surface area contributed by atoms with E-state index >= 15 is 0 Å². The summed E-state index contributed by atoms with van der Waals surface area (Å²) in [5, 5.41) is 75.2. The Kier molecular flexibility index (Phi) is 6.76. The van der Waals surface area contributed by atoms with Crippen molar-refractivity contribution >= 4 is 0 Å². The van der Waals surface area contributed by atoms with Gasteiger partial charge in [0.2, 0.25) is 0 Å². The van der Waals surface area contributed by atoms with Crippen LogP contribution in [0.4, 0.5) is 0 Å². The molecule has 0 aromatic carbocycles. The summed E-state index contributed by atoms with van der Waals surface area (Å²) >= 11 is 0. The van der Waals surface area contributed by atoms with Crippen molar-refractivity contribution in [2.75, 3.05) is 13.2 Å². The van der Waals surface area contributed by atoms with Gasteiger partial charge in [0.25, 0.3) is 0 Å². The van der Waals surface area contributed by atoms with Crippen LogP contribution in [0.15, 0.2) is 0 Å². The molecule has 0 bridgehead atoms. The molecule has 0 heterocycles. The smallest absolute Gasteiger partial charge is 0.110 e. The van der Waals surface area contributed by atoms with Gasteiger partial charge in [0.1, 0.15) is 18.3 Å². The van der Waals surface area contributed by atoms with E-state index in [9.17, 15) is 35.7 Å². The first-order valence-corrected chi connectivity index (χ1v) is 6.63. The van der Waals surface area contributed by atoms with Gasteiger partial charge in [-0.2, -0.15) is 0 Å². The molecule has 0 amide bonds. The lowest BCUT2D eigenvalue weighted by Crippen LogP contribution is -2.46. The number of rotatable bonds is 7. The van der Waals surface area contributed by atoms with Crippen LogP contribution in [0.2, 0.25) is 0 Å². The highest BCUT2D eigenvalue weighted by Crippen LogP contribution is 2.35. The summed E-state index contributed by atoms with van der Waals surface area (Å²) in [6, 6.07) is 0. The van der Waals surface area contributed by atoms with Gasteiger partial charge in [-0.1, -0.05) is 0 Å². The first-order valence-electron chi connectivity index (χ1n) is 6.63. The zero-order chi connectivity index (χ0) is 15.4. The molecule has 8 N–H and O–H groups in total. The summed E-state index contributed by atoms with van der Waals surface area (Å²) in [6.45, 7) is -1.13. The Morgan fingerprint density at radius 2 is 1.45 bits per heavy atom. The molecular weight excluding hydrogens is 272 g/mol. The molecule has 0 aromatic rings. The molecule has 1 saturated carbocycles. The van der Waals surface area contributed by atoms with Crippen molar-refractivity contribution in [3.63, 3.8) is 0 Å². The van der Waals surface area contributed by atoms with Crippen molar-refractivity contribution < 1.29 is 40.9 Å². The average Bonchev–Trinajstić information content (AvgIpc) is 2.70. The van der Waals surface area contributed by atoms with Crippen LogP contribution in [0, 0.1) is 11.8 Å². The Morgan fingerprint density at radius 3 is 1.95 bits per heavy atom. The minimum atomic E-state index is -1.71. The number of hydrogen-bond donors (Lipinski definition) is 8. The molecule has 1 fully saturated rings. The van der Waals surface area contributed by atoms with E-state index in [-0.39, 0.29) is 19.4 Å². The molecule has 1 rings (SSSR count). The molecule has 0 spiro atoms. The number of aliphatic hydroxyl groups excluding tert-OH is 8. The van der Waals surface area contributed by atoms with Crippen LogP contribution in [-0.4, -0.2) is 90.7 Å². The van der Waals surface area contributed by atoms with Crippen LogP contribution in [0.1, 0.15) is 12.8 Å². The Morgan fingerprint density at radius 1 is 0.900 bits per heavy atom. The summed E-state index contributed by atoms with van der Waals surface area (Å²) in [5.41, 5.74) is 0. The summed E-state index contributed by atoms with van der Waals surface area (Å²) in [6.07, 6.45) is -8.37. The van der Waals surface area contributed by atoms with Crippen molar-refractivity contribution in [1.82, 2.24) is 0 Å². The fourth-order valence-electron chi connectivity index (χ4n) is 2.73. The fraction of sp³-hybridized carbons (Fsp3) is 1.00. The maximum absolute atomic E-state index is 9.83. The topological polar surface area (TPSA) is 162 Å². The van der Waals surface area contributed by atoms with E-state index in [1.54, 1.807) is 0 Å². The quantitative estimate of drug-likeness (QED) is 0.237. The average molecular weight is 296 g/mol. The minimum absolute atomic E-state index is 0.0598. The lowest BCUT2D eigenvalue weighted by atomic mass is 9.87. The molecule has 0 saturated heterocycles. The van der Waals surface area contributed by atoms with Crippen LogP contribution >= 0.6 is 0 Å². The largest absolute Gasteiger partial charge is 0.396 e. The highest BCUT2D eigenvalue weighted by atomic mass is 16.4. The van der Waals surface area contributed by atoms with Gasteiger partial charge in [0, 0.05) is 12.5 Å². The standard InChI is InChI=1S/C12H24O8/c13-3-6-5(1-7(15)10(6)18)2-8(16)11(19)12(20)9(17)4-14/h5-20H,1-4H2/t5-,6-,7+,8+,9-,10+,11-,12+/m0/s1. The second-order valence-corrected chi connectivity index (χ2v) is 5.43. The van der Waals surface area contributed by atoms with Crippen LogP contribution in [-0.2, 0) is 0 Å². The van der Waals surface area contributed by atoms with Gasteiger partial charge >= 0.3 is 0 Å². The zero-order valence-corrected chi connectivity index (χ0v) is 11.0. The molecule has 120 valence electrons. The van der Waals surface area contributed by atoms with Gasteiger partial charge in [0.05, 0.1) is 24.9 Å². The third-order valence-corrected chi connectivity index (χ3v) is 4.06. The van der Waals surface area contributed by atoms with Crippen molar-refractivity contribution in [2.45, 2.75) is 49.5 Å². The lowest BCUT2D eigenvalue weighted by molar-refractivity contribution is -0.120. The highest BCUT2D eigenvalue weighted by Gasteiger charge is 2.43. The maximum Gasteiger partial charge on any atom is 0.110 e. The van der Waals surface area contributed by atoms with Gasteiger partial charge in [-0.15, -0.1) is 0 Å². The summed E-state index contributed by atoms with van der Waals surface area (Å²) < 4.78 is 0. The van der Waals surface area contributed by atoms with Crippen LogP contribution in [0.3, 0.4) is 0 Å². The normalized spacial score (nSPS) is 36.6. The van der Waals surface area contributed by atoms with Crippen LogP contribution < -0.4 is 0 Å². The van der Waals surface area contributed by atoms with E-state index in [4.69, 9.17) is 5.11 Å². The molecule has 20 heavy (non-hydrogen) atoms. The van der Waals surface area contributed by atoms with Gasteiger partial charge < -0.3 is 40.9 Å². The summed E-state index contributed by atoms with van der Waals surface area (Å²) in [5.74, 6) is -1.04. The van der Waals surface area contributed by atoms with Crippen molar-refractivity contribution in [2.24, 2.45) is 11.8 Å². The van der Waals surface area contributed by atoms with Crippen LogP contribution in [0.5, 0.6) is 0 Å². The van der Waals surface area contributed by atoms with E-state index in [2.05, 4.69) is 0 Å². The van der Waals surface area contributed by atoms with Crippen molar-refractivity contribution in [3.05, 3.63) is 0 Å². The minimum Gasteiger partial charge on any atom is -0.396 e. The van der Waals surface area contributed by atoms with Crippen LogP contribution in [0.25, 0.3) is 0 Å². The SMILES string of the molecule is OC[C@H]1[C@H](C[C@@H](O)[C@H](O)[C@H](O)[C@@H](O)CO)C[C@@H](O)[C@@H]1O. The molecule has 0 radical (unpaired) electrons. The summed E-state index contributed by atoms with van der Waals surface area (Å²) in [7, 11) is 0. The number of aliphatic hydroxyl groups is 8. The Bertz CT molecular complexity index is 289. The number of hydrogen-bond acceptors (Lipinski definition) is 8. The third kappa shape index (κ3) is 3.86. The lowest BCUT2D eigenvalue weighted by Gasteiger charge is -2.28. The predicted octanol–water partition coefficient (Wildman–Crippen LogP) is -3.84. The van der Waals surface area contributed by atoms with Gasteiger partial charge in [-0.05, 0) is 18.8 Å². The van der Waals surface area contributed by atoms with Gasteiger partial charge in [-0.25, -0.2) is 0 Å². The molecule has 8 heteroatoms. The third-order valence-electron chi connectivity index (χ3n) is 4.06. The molecule has 0 aliphatic heterocycles. The van der Waals surface area contributed by atoms with Gasteiger partial charge in [0.15, 0.2) is 0 Å². The Labute approximate surface area is 116 Å². The predicted molar refractivity (Wildman–Crippen MR) is 66.4 cm³/mol. The van der Waals surface area contributed by atoms with Gasteiger partial charge in [-0.3, -0.25) is 0 Å². The van der Waals surface area contributed by atoms with E-state index in [1.807, 2.05) is 0 Å².